The predicted molar refractivity (Wildman–Crippen MR) is 114 cm³/mol. The molecule has 0 aliphatic carbocycles. The van der Waals surface area contributed by atoms with Crippen LogP contribution >= 0.6 is 11.6 Å². The second kappa shape index (κ2) is 9.86. The van der Waals surface area contributed by atoms with Crippen molar-refractivity contribution in [1.29, 1.82) is 0 Å². The number of fused-ring (bicyclic) bond motifs is 2. The molecule has 172 valence electrons. The molecule has 0 atom stereocenters. The smallest absolute Gasteiger partial charge is 0.368 e. The number of hydrogen-bond donors (Lipinski definition) is 1. The van der Waals surface area contributed by atoms with Crippen LogP contribution in [-0.2, 0) is 9.47 Å². The fourth-order valence-electron chi connectivity index (χ4n) is 2.69. The summed E-state index contributed by atoms with van der Waals surface area (Å²) in [6.07, 6.45) is 3.93. The van der Waals surface area contributed by atoms with Crippen LogP contribution in [0.25, 0.3) is 11.3 Å². The van der Waals surface area contributed by atoms with Crippen molar-refractivity contribution in [2.75, 3.05) is 18.9 Å². The van der Waals surface area contributed by atoms with Crippen molar-refractivity contribution >= 4 is 46.5 Å². The van der Waals surface area contributed by atoms with Gasteiger partial charge in [0, 0.05) is 12.3 Å². The fraction of sp³-hybridized carbons (Fsp3) is 0.222. The first-order chi connectivity index (χ1) is 15.8. The number of nitro groups is 1. The number of ether oxygens (including phenoxy) is 2. The van der Waals surface area contributed by atoms with E-state index < -0.39 is 16.9 Å². The molecular formula is C18H17ClN8O6. The summed E-state index contributed by atoms with van der Waals surface area (Å²) in [7, 11) is 0. The first kappa shape index (κ1) is 23.3. The van der Waals surface area contributed by atoms with Gasteiger partial charge in [-0.15, -0.1) is 0 Å². The molecule has 0 aliphatic rings. The number of nitrogen functional groups attached to an aromatic ring is 1. The minimum atomic E-state index is -0.668. The Morgan fingerprint density at radius 2 is 1.70 bits per heavy atom. The van der Waals surface area contributed by atoms with Crippen LogP contribution in [0.15, 0.2) is 30.7 Å². The molecule has 0 spiro atoms. The van der Waals surface area contributed by atoms with Gasteiger partial charge in [0.05, 0.1) is 19.4 Å². The molecule has 0 bridgehead atoms. The second-order valence-electron chi connectivity index (χ2n) is 6.09. The van der Waals surface area contributed by atoms with Crippen LogP contribution in [0.3, 0.4) is 0 Å². The van der Waals surface area contributed by atoms with E-state index in [2.05, 4.69) is 20.2 Å². The number of nitrogens with zero attached hydrogens (tertiary/aromatic N) is 7. The lowest BCUT2D eigenvalue weighted by Gasteiger charge is -2.02. The summed E-state index contributed by atoms with van der Waals surface area (Å²) in [6, 6.07) is 2.81. The van der Waals surface area contributed by atoms with E-state index >= 15 is 0 Å². The standard InChI is InChI=1S/C9H7ClN4O4.C9H10N4O2/c1-2-18-9(15)5-3-6(10)12-13-7(14(16)17)4-11-8(5)13;1-2-15-9(14)6-3-4-12-13-7(10)5-11-8(6)13/h3-4H,2H2,1H3;3-5H,2,10H2,1H3. The molecule has 33 heavy (non-hydrogen) atoms. The molecule has 0 amide bonds. The average Bonchev–Trinajstić information content (AvgIpc) is 3.37. The highest BCUT2D eigenvalue weighted by Gasteiger charge is 2.24. The lowest BCUT2D eigenvalue weighted by molar-refractivity contribution is -0.391. The number of aromatic nitrogens is 6. The summed E-state index contributed by atoms with van der Waals surface area (Å²) >= 11 is 5.71. The van der Waals surface area contributed by atoms with Crippen LogP contribution < -0.4 is 5.73 Å². The molecule has 2 N–H and O–H groups in total. The maximum atomic E-state index is 11.7. The van der Waals surface area contributed by atoms with Gasteiger partial charge < -0.3 is 25.3 Å². The van der Waals surface area contributed by atoms with Crippen molar-refractivity contribution in [3.63, 3.8) is 0 Å². The molecule has 0 saturated carbocycles. The number of halogens is 1. The van der Waals surface area contributed by atoms with Crippen LogP contribution in [0.2, 0.25) is 5.15 Å². The highest BCUT2D eigenvalue weighted by molar-refractivity contribution is 6.29. The van der Waals surface area contributed by atoms with Gasteiger partial charge in [-0.05, 0) is 24.8 Å². The zero-order chi connectivity index (χ0) is 24.1. The molecular weight excluding hydrogens is 460 g/mol. The van der Waals surface area contributed by atoms with Gasteiger partial charge in [-0.3, -0.25) is 0 Å². The Morgan fingerprint density at radius 1 is 1.09 bits per heavy atom. The van der Waals surface area contributed by atoms with Gasteiger partial charge in [0.1, 0.15) is 23.1 Å². The molecule has 15 heteroatoms. The summed E-state index contributed by atoms with van der Waals surface area (Å²) in [4.78, 5) is 41.0. The van der Waals surface area contributed by atoms with Crippen molar-refractivity contribution in [3.8, 4) is 0 Å². The summed E-state index contributed by atoms with van der Waals surface area (Å²) in [5, 5.41) is 18.4. The Balaban J connectivity index is 0.000000189. The second-order valence-corrected chi connectivity index (χ2v) is 6.48. The normalized spacial score (nSPS) is 10.5. The number of rotatable bonds is 5. The number of esters is 2. The monoisotopic (exact) mass is 476 g/mol. The van der Waals surface area contributed by atoms with E-state index in [-0.39, 0.29) is 28.8 Å². The summed E-state index contributed by atoms with van der Waals surface area (Å²) in [5.41, 5.74) is 6.44. The van der Waals surface area contributed by atoms with Crippen LogP contribution in [0, 0.1) is 10.1 Å². The molecule has 0 unspecified atom stereocenters. The third-order valence-corrected chi connectivity index (χ3v) is 4.21. The van der Waals surface area contributed by atoms with Gasteiger partial charge >= 0.3 is 17.8 Å². The lowest BCUT2D eigenvalue weighted by Crippen LogP contribution is -2.09. The predicted octanol–water partition coefficient (Wildman–Crippen LogP) is 1.96. The molecule has 4 rings (SSSR count). The molecule has 0 fully saturated rings. The number of hydrogen-bond acceptors (Lipinski definition) is 11. The van der Waals surface area contributed by atoms with Gasteiger partial charge in [-0.25, -0.2) is 19.6 Å². The van der Waals surface area contributed by atoms with E-state index in [0.717, 1.165) is 10.7 Å². The summed E-state index contributed by atoms with van der Waals surface area (Å²) in [5.74, 6) is -1.07. The Labute approximate surface area is 190 Å². The fourth-order valence-corrected chi connectivity index (χ4v) is 2.88. The molecule has 4 aromatic rings. The highest BCUT2D eigenvalue weighted by atomic mass is 35.5. The number of carbonyl (C=O) groups is 2. The van der Waals surface area contributed by atoms with Crippen LogP contribution in [0.5, 0.6) is 0 Å². The van der Waals surface area contributed by atoms with Gasteiger partial charge in [-0.2, -0.15) is 9.61 Å². The minimum absolute atomic E-state index is 0.0320. The Kier molecular flexibility index (Phi) is 6.97. The van der Waals surface area contributed by atoms with Crippen LogP contribution in [-0.4, -0.2) is 59.3 Å². The van der Waals surface area contributed by atoms with Gasteiger partial charge in [0.25, 0.3) is 5.65 Å². The van der Waals surface area contributed by atoms with Crippen molar-refractivity contribution in [2.24, 2.45) is 0 Å². The lowest BCUT2D eigenvalue weighted by atomic mass is 10.3. The van der Waals surface area contributed by atoms with E-state index in [0.29, 0.717) is 23.6 Å². The van der Waals surface area contributed by atoms with Crippen LogP contribution in [0.1, 0.15) is 34.6 Å². The third kappa shape index (κ3) is 4.79. The SMILES string of the molecule is CCOC(=O)c1cc(Cl)nn2c([N+](=O)[O-])cnc12.CCOC(=O)c1ccnn2c(N)cnc12. The molecule has 14 nitrogen and oxygen atoms in total. The van der Waals surface area contributed by atoms with Crippen molar-refractivity contribution < 1.29 is 24.0 Å². The molecule has 0 saturated heterocycles. The van der Waals surface area contributed by atoms with Crippen molar-refractivity contribution in [1.82, 2.24) is 29.2 Å². The van der Waals surface area contributed by atoms with E-state index in [1.165, 1.54) is 23.0 Å². The first-order valence-corrected chi connectivity index (χ1v) is 9.77. The van der Waals surface area contributed by atoms with Gasteiger partial charge in [0.2, 0.25) is 0 Å². The van der Waals surface area contributed by atoms with Crippen molar-refractivity contribution in [2.45, 2.75) is 13.8 Å². The van der Waals surface area contributed by atoms with E-state index in [1.807, 2.05) is 0 Å². The van der Waals surface area contributed by atoms with E-state index in [1.54, 1.807) is 19.9 Å². The maximum Gasteiger partial charge on any atom is 0.368 e. The third-order valence-electron chi connectivity index (χ3n) is 4.03. The zero-order valence-corrected chi connectivity index (χ0v) is 18.1. The number of carbonyl (C=O) groups excluding carboxylic acids is 2. The largest absolute Gasteiger partial charge is 0.462 e. The maximum absolute atomic E-state index is 11.7. The van der Waals surface area contributed by atoms with Gasteiger partial charge in [0.15, 0.2) is 10.8 Å². The summed E-state index contributed by atoms with van der Waals surface area (Å²) in [6.45, 7) is 3.89. The summed E-state index contributed by atoms with van der Waals surface area (Å²) < 4.78 is 12.0. The molecule has 4 aromatic heterocycles. The molecule has 0 aliphatic heterocycles. The van der Waals surface area contributed by atoms with E-state index in [9.17, 15) is 19.7 Å². The van der Waals surface area contributed by atoms with Crippen molar-refractivity contribution in [3.05, 3.63) is 57.1 Å². The van der Waals surface area contributed by atoms with Gasteiger partial charge in [-0.1, -0.05) is 21.2 Å². The van der Waals surface area contributed by atoms with Crippen LogP contribution in [0.4, 0.5) is 11.6 Å². The quantitative estimate of drug-likeness (QED) is 0.252. The minimum Gasteiger partial charge on any atom is -0.462 e. The topological polar surface area (TPSA) is 182 Å². The Bertz CT molecular complexity index is 1350. The first-order valence-electron chi connectivity index (χ1n) is 9.39. The van der Waals surface area contributed by atoms with E-state index in [4.69, 9.17) is 26.8 Å². The molecule has 4 heterocycles. The zero-order valence-electron chi connectivity index (χ0n) is 17.3. The number of nitrogens with two attached hydrogens (primary N) is 1. The molecule has 0 radical (unpaired) electrons. The number of anilines is 1. The number of imidazole rings is 2. The molecule has 0 aromatic carbocycles. The Hall–Kier alpha value is -4.33. The highest BCUT2D eigenvalue weighted by Crippen LogP contribution is 2.20. The average molecular weight is 477 g/mol. The Morgan fingerprint density at radius 3 is 2.33 bits per heavy atom.